The van der Waals surface area contributed by atoms with Gasteiger partial charge in [0.1, 0.15) is 6.10 Å². The Hall–Kier alpha value is -1.39. The van der Waals surface area contributed by atoms with E-state index in [0.717, 1.165) is 42.3 Å². The third-order valence-electron chi connectivity index (χ3n) is 4.52. The van der Waals surface area contributed by atoms with Crippen molar-refractivity contribution in [1.29, 1.82) is 0 Å². The Morgan fingerprint density at radius 3 is 2.15 bits per heavy atom. The highest BCUT2D eigenvalue weighted by Crippen LogP contribution is 2.29. The highest BCUT2D eigenvalue weighted by molar-refractivity contribution is 7.98. The van der Waals surface area contributed by atoms with E-state index < -0.39 is 0 Å². The van der Waals surface area contributed by atoms with Crippen molar-refractivity contribution >= 4 is 29.5 Å². The monoisotopic (exact) mass is 386 g/mol. The highest BCUT2D eigenvalue weighted by atomic mass is 32.2. The minimum absolute atomic E-state index is 0.00694. The molecule has 0 aromatic heterocycles. The highest BCUT2D eigenvalue weighted by Gasteiger charge is 2.33. The van der Waals surface area contributed by atoms with Crippen LogP contribution in [0.15, 0.2) is 60.7 Å². The molecule has 2 nitrogen and oxygen atoms in total. The minimum atomic E-state index is 0.00694. The van der Waals surface area contributed by atoms with Gasteiger partial charge in [-0.1, -0.05) is 60.7 Å². The predicted octanol–water partition coefficient (Wildman–Crippen LogP) is 5.57. The fourth-order valence-electron chi connectivity index (χ4n) is 3.11. The first kappa shape index (κ1) is 19.4. The third-order valence-corrected chi connectivity index (χ3v) is 6.81. The molecule has 2 aromatic rings. The van der Waals surface area contributed by atoms with E-state index in [-0.39, 0.29) is 18.0 Å². The molecular weight excluding hydrogens is 360 g/mol. The van der Waals surface area contributed by atoms with Crippen LogP contribution in [0.5, 0.6) is 0 Å². The summed E-state index contributed by atoms with van der Waals surface area (Å²) >= 11 is 3.79. The molecule has 2 atom stereocenters. The summed E-state index contributed by atoms with van der Waals surface area (Å²) in [6, 6.07) is 21.0. The van der Waals surface area contributed by atoms with E-state index in [1.807, 2.05) is 29.6 Å². The fourth-order valence-corrected chi connectivity index (χ4v) is 5.15. The van der Waals surface area contributed by atoms with Crippen molar-refractivity contribution in [2.24, 2.45) is 5.92 Å². The Morgan fingerprint density at radius 1 is 0.885 bits per heavy atom. The zero-order chi connectivity index (χ0) is 18.0. The van der Waals surface area contributed by atoms with Crippen LogP contribution >= 0.6 is 23.5 Å². The van der Waals surface area contributed by atoms with Crippen molar-refractivity contribution in [3.8, 4) is 0 Å². The summed E-state index contributed by atoms with van der Waals surface area (Å²) in [4.78, 5) is 12.1. The van der Waals surface area contributed by atoms with Crippen LogP contribution in [0.1, 0.15) is 30.4 Å². The molecule has 1 saturated heterocycles. The van der Waals surface area contributed by atoms with Crippen molar-refractivity contribution in [2.75, 3.05) is 11.5 Å². The van der Waals surface area contributed by atoms with E-state index in [4.69, 9.17) is 4.74 Å². The van der Waals surface area contributed by atoms with E-state index >= 15 is 0 Å². The maximum absolute atomic E-state index is 12.1. The van der Waals surface area contributed by atoms with Gasteiger partial charge >= 0.3 is 5.97 Å². The van der Waals surface area contributed by atoms with Gasteiger partial charge in [0.05, 0.1) is 5.92 Å². The second-order valence-corrected chi connectivity index (χ2v) is 8.81. The molecule has 0 bridgehead atoms. The summed E-state index contributed by atoms with van der Waals surface area (Å²) in [6.45, 7) is 0. The van der Waals surface area contributed by atoms with Gasteiger partial charge in [0.15, 0.2) is 0 Å². The maximum Gasteiger partial charge on any atom is 0.310 e. The zero-order valence-electron chi connectivity index (χ0n) is 15.0. The predicted molar refractivity (Wildman–Crippen MR) is 112 cm³/mol. The summed E-state index contributed by atoms with van der Waals surface area (Å²) in [5.41, 5.74) is 2.69. The topological polar surface area (TPSA) is 26.3 Å². The number of ether oxygens (including phenoxy) is 1. The lowest BCUT2D eigenvalue weighted by Crippen LogP contribution is -2.10. The number of cyclic esters (lactones) is 1. The quantitative estimate of drug-likeness (QED) is 0.394. The number of hydrogen-bond acceptors (Lipinski definition) is 4. The molecule has 1 heterocycles. The van der Waals surface area contributed by atoms with Crippen LogP contribution in [0, 0.1) is 5.92 Å². The number of benzene rings is 2. The largest absolute Gasteiger partial charge is 0.462 e. The Balaban J connectivity index is 1.28. The standard InChI is InChI=1S/C22H26O2S2/c23-22-20(17-26-16-19-10-5-2-6-11-19)14-21(24-22)12-7-13-25-15-18-8-3-1-4-9-18/h1-6,8-11,20-21H,7,12-17H2. The normalized spacial score (nSPS) is 19.5. The van der Waals surface area contributed by atoms with Gasteiger partial charge in [-0.15, -0.1) is 0 Å². The average molecular weight is 387 g/mol. The molecule has 1 aliphatic heterocycles. The first-order valence-electron chi connectivity index (χ1n) is 9.25. The molecular formula is C22H26O2S2. The Kier molecular flexibility index (Phi) is 7.96. The smallest absolute Gasteiger partial charge is 0.310 e. The van der Waals surface area contributed by atoms with Gasteiger partial charge in [0, 0.05) is 17.3 Å². The summed E-state index contributed by atoms with van der Waals surface area (Å²) in [5, 5.41) is 0. The molecule has 4 heteroatoms. The van der Waals surface area contributed by atoms with Gasteiger partial charge in [-0.05, 0) is 36.1 Å². The fraction of sp³-hybridized carbons (Fsp3) is 0.409. The average Bonchev–Trinajstić information content (AvgIpc) is 3.03. The Bertz CT molecular complexity index is 660. The van der Waals surface area contributed by atoms with E-state index in [2.05, 4.69) is 54.6 Å². The molecule has 0 aliphatic carbocycles. The van der Waals surface area contributed by atoms with E-state index in [9.17, 15) is 4.79 Å². The minimum Gasteiger partial charge on any atom is -0.462 e. The molecule has 3 rings (SSSR count). The number of thioether (sulfide) groups is 2. The first-order chi connectivity index (χ1) is 12.8. The van der Waals surface area contributed by atoms with Crippen LogP contribution in [-0.4, -0.2) is 23.6 Å². The molecule has 0 amide bonds. The van der Waals surface area contributed by atoms with Crippen LogP contribution in [0.2, 0.25) is 0 Å². The molecule has 1 aliphatic rings. The Labute approximate surface area is 165 Å². The summed E-state index contributed by atoms with van der Waals surface area (Å²) < 4.78 is 5.58. The van der Waals surface area contributed by atoms with E-state index in [1.54, 1.807) is 0 Å². The molecule has 0 saturated carbocycles. The van der Waals surface area contributed by atoms with Crippen LogP contribution in [-0.2, 0) is 21.0 Å². The molecule has 2 unspecified atom stereocenters. The van der Waals surface area contributed by atoms with E-state index in [1.165, 1.54) is 11.1 Å². The molecule has 0 spiro atoms. The van der Waals surface area contributed by atoms with Crippen LogP contribution < -0.4 is 0 Å². The number of carbonyl (C=O) groups is 1. The van der Waals surface area contributed by atoms with Gasteiger partial charge < -0.3 is 4.74 Å². The summed E-state index contributed by atoms with van der Waals surface area (Å²) in [6.07, 6.45) is 3.12. The number of rotatable bonds is 10. The number of hydrogen-bond donors (Lipinski definition) is 0. The number of carbonyl (C=O) groups excluding carboxylic acids is 1. The lowest BCUT2D eigenvalue weighted by molar-refractivity contribution is -0.143. The molecule has 138 valence electrons. The lowest BCUT2D eigenvalue weighted by atomic mass is 10.0. The number of esters is 1. The van der Waals surface area contributed by atoms with Crippen molar-refractivity contribution in [3.05, 3.63) is 71.8 Å². The lowest BCUT2D eigenvalue weighted by Gasteiger charge is -2.08. The van der Waals surface area contributed by atoms with Gasteiger partial charge in [-0.25, -0.2) is 0 Å². The molecule has 0 N–H and O–H groups in total. The molecule has 0 radical (unpaired) electrons. The van der Waals surface area contributed by atoms with Crippen LogP contribution in [0.4, 0.5) is 0 Å². The second kappa shape index (κ2) is 10.7. The van der Waals surface area contributed by atoms with Crippen LogP contribution in [0.3, 0.4) is 0 Å². The van der Waals surface area contributed by atoms with Crippen molar-refractivity contribution in [2.45, 2.75) is 36.9 Å². The molecule has 1 fully saturated rings. The molecule has 2 aromatic carbocycles. The maximum atomic E-state index is 12.1. The first-order valence-corrected chi connectivity index (χ1v) is 11.6. The van der Waals surface area contributed by atoms with Gasteiger partial charge in [0.2, 0.25) is 0 Å². The second-order valence-electron chi connectivity index (χ2n) is 6.67. The van der Waals surface area contributed by atoms with Gasteiger partial charge in [-0.2, -0.15) is 23.5 Å². The van der Waals surface area contributed by atoms with Crippen LogP contribution in [0.25, 0.3) is 0 Å². The van der Waals surface area contributed by atoms with Gasteiger partial charge in [-0.3, -0.25) is 4.79 Å². The summed E-state index contributed by atoms with van der Waals surface area (Å²) in [7, 11) is 0. The van der Waals surface area contributed by atoms with Crippen molar-refractivity contribution in [3.63, 3.8) is 0 Å². The van der Waals surface area contributed by atoms with Crippen molar-refractivity contribution < 1.29 is 9.53 Å². The zero-order valence-corrected chi connectivity index (χ0v) is 16.6. The van der Waals surface area contributed by atoms with Crippen molar-refractivity contribution in [1.82, 2.24) is 0 Å². The Morgan fingerprint density at radius 2 is 1.50 bits per heavy atom. The molecule has 26 heavy (non-hydrogen) atoms. The van der Waals surface area contributed by atoms with E-state index in [0.29, 0.717) is 0 Å². The van der Waals surface area contributed by atoms with Gasteiger partial charge in [0.25, 0.3) is 0 Å². The summed E-state index contributed by atoms with van der Waals surface area (Å²) in [5.74, 6) is 4.09. The SMILES string of the molecule is O=C1OC(CCCSCc2ccccc2)CC1CSCc1ccccc1. The third kappa shape index (κ3) is 6.40.